The normalized spacial score (nSPS) is 34.6. The van der Waals surface area contributed by atoms with Crippen molar-refractivity contribution in [3.63, 3.8) is 0 Å². The highest BCUT2D eigenvalue weighted by Gasteiger charge is 2.48. The summed E-state index contributed by atoms with van der Waals surface area (Å²) in [7, 11) is 0. The topological polar surface area (TPSA) is 57.5 Å². The van der Waals surface area contributed by atoms with Crippen LogP contribution in [0, 0.1) is 17.3 Å². The van der Waals surface area contributed by atoms with Crippen LogP contribution in [0.25, 0.3) is 0 Å². The first kappa shape index (κ1) is 14.8. The van der Waals surface area contributed by atoms with E-state index in [4.69, 9.17) is 0 Å². The zero-order valence-corrected chi connectivity index (χ0v) is 12.3. The molecule has 2 rings (SSSR count). The largest absolute Gasteiger partial charge is 0.481 e. The minimum absolute atomic E-state index is 0.472. The van der Waals surface area contributed by atoms with Crippen molar-refractivity contribution < 1.29 is 15.0 Å². The molecule has 0 radical (unpaired) electrons. The van der Waals surface area contributed by atoms with Crippen LogP contribution in [0.4, 0.5) is 0 Å². The van der Waals surface area contributed by atoms with Crippen LogP contribution in [-0.4, -0.2) is 21.8 Å². The lowest BCUT2D eigenvalue weighted by atomic mass is 9.63. The Morgan fingerprint density at radius 1 is 1.16 bits per heavy atom. The van der Waals surface area contributed by atoms with Crippen molar-refractivity contribution in [2.24, 2.45) is 17.3 Å². The summed E-state index contributed by atoms with van der Waals surface area (Å²) in [6.07, 6.45) is 7.62. The first-order chi connectivity index (χ1) is 8.87. The molecule has 0 unspecified atom stereocenters. The van der Waals surface area contributed by atoms with Crippen molar-refractivity contribution >= 4 is 5.97 Å². The van der Waals surface area contributed by atoms with Gasteiger partial charge in [-0.2, -0.15) is 0 Å². The van der Waals surface area contributed by atoms with E-state index in [1.807, 2.05) is 0 Å². The maximum absolute atomic E-state index is 11.8. The van der Waals surface area contributed by atoms with Gasteiger partial charge in [-0.3, -0.25) is 4.79 Å². The minimum Gasteiger partial charge on any atom is -0.481 e. The van der Waals surface area contributed by atoms with Gasteiger partial charge in [-0.25, -0.2) is 0 Å². The number of hydrogen-bond acceptors (Lipinski definition) is 2. The van der Waals surface area contributed by atoms with Gasteiger partial charge in [-0.05, 0) is 56.8 Å². The van der Waals surface area contributed by atoms with E-state index in [1.54, 1.807) is 0 Å². The Kier molecular flexibility index (Phi) is 4.24. The van der Waals surface area contributed by atoms with Crippen LogP contribution in [0.15, 0.2) is 0 Å². The Hall–Kier alpha value is -0.570. The molecule has 0 aromatic rings. The highest BCUT2D eigenvalue weighted by Crippen LogP contribution is 2.49. The quantitative estimate of drug-likeness (QED) is 0.819. The molecular weight excluding hydrogens is 240 g/mol. The van der Waals surface area contributed by atoms with Gasteiger partial charge < -0.3 is 10.2 Å². The summed E-state index contributed by atoms with van der Waals surface area (Å²) in [5.74, 6) is 0.613. The van der Waals surface area contributed by atoms with E-state index in [2.05, 4.69) is 13.8 Å². The molecule has 2 aliphatic rings. The summed E-state index contributed by atoms with van der Waals surface area (Å²) in [4.78, 5) is 11.8. The third-order valence-corrected chi connectivity index (χ3v) is 5.59. The SMILES string of the molecule is CC(C)C1CCC(CC2(O)CCCC2)(C(=O)O)CC1. The molecule has 2 aliphatic carbocycles. The van der Waals surface area contributed by atoms with E-state index in [9.17, 15) is 15.0 Å². The van der Waals surface area contributed by atoms with Crippen LogP contribution in [-0.2, 0) is 4.79 Å². The predicted molar refractivity (Wildman–Crippen MR) is 74.9 cm³/mol. The molecule has 19 heavy (non-hydrogen) atoms. The van der Waals surface area contributed by atoms with Crippen LogP contribution in [0.2, 0.25) is 0 Å². The van der Waals surface area contributed by atoms with Crippen molar-refractivity contribution in [3.8, 4) is 0 Å². The van der Waals surface area contributed by atoms with Crippen molar-refractivity contribution in [2.75, 3.05) is 0 Å². The second kappa shape index (κ2) is 5.43. The summed E-state index contributed by atoms with van der Waals surface area (Å²) in [6.45, 7) is 4.45. The molecule has 2 saturated carbocycles. The van der Waals surface area contributed by atoms with Crippen molar-refractivity contribution in [1.29, 1.82) is 0 Å². The van der Waals surface area contributed by atoms with Crippen molar-refractivity contribution in [3.05, 3.63) is 0 Å². The molecule has 0 saturated heterocycles. The van der Waals surface area contributed by atoms with Gasteiger partial charge in [0.1, 0.15) is 0 Å². The van der Waals surface area contributed by atoms with E-state index < -0.39 is 17.0 Å². The molecule has 0 spiro atoms. The maximum atomic E-state index is 11.8. The van der Waals surface area contributed by atoms with Gasteiger partial charge >= 0.3 is 5.97 Å². The number of carboxylic acid groups (broad SMARTS) is 1. The van der Waals surface area contributed by atoms with Crippen LogP contribution in [0.3, 0.4) is 0 Å². The van der Waals surface area contributed by atoms with E-state index in [-0.39, 0.29) is 0 Å². The second-order valence-electron chi connectivity index (χ2n) is 7.28. The number of carbonyl (C=O) groups is 1. The van der Waals surface area contributed by atoms with Gasteiger partial charge in [0.2, 0.25) is 0 Å². The minimum atomic E-state index is -0.705. The first-order valence-electron chi connectivity index (χ1n) is 7.83. The van der Waals surface area contributed by atoms with E-state index >= 15 is 0 Å². The standard InChI is InChI=1S/C16H28O3/c1-12(2)13-5-9-15(10-6-13,14(17)18)11-16(19)7-3-4-8-16/h12-13,19H,3-11H2,1-2H3,(H,17,18). The Morgan fingerprint density at radius 3 is 2.11 bits per heavy atom. The van der Waals surface area contributed by atoms with E-state index in [0.29, 0.717) is 18.3 Å². The molecule has 0 heterocycles. The van der Waals surface area contributed by atoms with Gasteiger partial charge in [0.25, 0.3) is 0 Å². The van der Waals surface area contributed by atoms with Crippen molar-refractivity contribution in [2.45, 2.75) is 77.2 Å². The molecule has 0 aromatic carbocycles. The first-order valence-corrected chi connectivity index (χ1v) is 7.83. The summed E-state index contributed by atoms with van der Waals surface area (Å²) in [6, 6.07) is 0. The van der Waals surface area contributed by atoms with Crippen LogP contribution >= 0.6 is 0 Å². The van der Waals surface area contributed by atoms with E-state index in [0.717, 1.165) is 51.4 Å². The molecule has 0 amide bonds. The fourth-order valence-electron chi connectivity index (χ4n) is 4.17. The molecule has 3 heteroatoms. The number of aliphatic hydroxyl groups is 1. The second-order valence-corrected chi connectivity index (χ2v) is 7.28. The fourth-order valence-corrected chi connectivity index (χ4v) is 4.17. The number of hydrogen-bond donors (Lipinski definition) is 2. The van der Waals surface area contributed by atoms with Gasteiger partial charge in [-0.15, -0.1) is 0 Å². The molecule has 3 nitrogen and oxygen atoms in total. The average molecular weight is 268 g/mol. The zero-order valence-electron chi connectivity index (χ0n) is 12.3. The molecule has 0 aliphatic heterocycles. The number of aliphatic carboxylic acids is 1. The predicted octanol–water partition coefficient (Wildman–Crippen LogP) is 3.60. The third-order valence-electron chi connectivity index (χ3n) is 5.59. The Labute approximate surface area is 116 Å². The number of rotatable bonds is 4. The van der Waals surface area contributed by atoms with Gasteiger partial charge in [-0.1, -0.05) is 26.7 Å². The summed E-state index contributed by atoms with van der Waals surface area (Å²) < 4.78 is 0. The third kappa shape index (κ3) is 3.13. The average Bonchev–Trinajstić information content (AvgIpc) is 2.76. The molecular formula is C16H28O3. The molecule has 0 atom stereocenters. The summed E-state index contributed by atoms with van der Waals surface area (Å²) in [5, 5.41) is 20.2. The van der Waals surface area contributed by atoms with E-state index in [1.165, 1.54) is 0 Å². The zero-order chi connectivity index (χ0) is 14.1. The summed E-state index contributed by atoms with van der Waals surface area (Å²) in [5.41, 5.74) is -1.37. The molecule has 0 aromatic heterocycles. The van der Waals surface area contributed by atoms with Gasteiger partial charge in [0.05, 0.1) is 11.0 Å². The van der Waals surface area contributed by atoms with Gasteiger partial charge in [0.15, 0.2) is 0 Å². The van der Waals surface area contributed by atoms with Gasteiger partial charge in [0, 0.05) is 0 Å². The van der Waals surface area contributed by atoms with Crippen molar-refractivity contribution in [1.82, 2.24) is 0 Å². The highest BCUT2D eigenvalue weighted by molar-refractivity contribution is 5.75. The monoisotopic (exact) mass is 268 g/mol. The number of carboxylic acids is 1. The highest BCUT2D eigenvalue weighted by atomic mass is 16.4. The van der Waals surface area contributed by atoms with Crippen LogP contribution < -0.4 is 0 Å². The molecule has 2 N–H and O–H groups in total. The molecule has 0 bridgehead atoms. The van der Waals surface area contributed by atoms with Crippen LogP contribution in [0.5, 0.6) is 0 Å². The lowest BCUT2D eigenvalue weighted by Gasteiger charge is -2.42. The fraction of sp³-hybridized carbons (Fsp3) is 0.938. The summed E-state index contributed by atoms with van der Waals surface area (Å²) >= 11 is 0. The smallest absolute Gasteiger partial charge is 0.309 e. The lowest BCUT2D eigenvalue weighted by Crippen LogP contribution is -2.43. The maximum Gasteiger partial charge on any atom is 0.309 e. The lowest BCUT2D eigenvalue weighted by molar-refractivity contribution is -0.157. The molecule has 110 valence electrons. The Bertz CT molecular complexity index is 321. The van der Waals surface area contributed by atoms with Crippen LogP contribution in [0.1, 0.15) is 71.6 Å². The Balaban J connectivity index is 2.06. The Morgan fingerprint density at radius 2 is 1.68 bits per heavy atom. The molecule has 2 fully saturated rings.